The lowest BCUT2D eigenvalue weighted by atomic mass is 10.3. The monoisotopic (exact) mass is 383 g/mol. The molecular formula is C16H18FN3O5S. The summed E-state index contributed by atoms with van der Waals surface area (Å²) in [6, 6.07) is 4.45. The van der Waals surface area contributed by atoms with Crippen LogP contribution in [0.2, 0.25) is 0 Å². The quantitative estimate of drug-likeness (QED) is 0.746. The summed E-state index contributed by atoms with van der Waals surface area (Å²) in [6.07, 6.45) is 2.06. The van der Waals surface area contributed by atoms with E-state index in [0.29, 0.717) is 24.5 Å². The van der Waals surface area contributed by atoms with Crippen LogP contribution in [0.4, 0.5) is 4.39 Å². The SMILES string of the molecule is COc1ccc(S(=O)(=O)N2CC[C@H](Oc3ncc(F)cn3)C2)cc1OC. The van der Waals surface area contributed by atoms with Crippen LogP contribution in [0.3, 0.4) is 0 Å². The summed E-state index contributed by atoms with van der Waals surface area (Å²) in [5.74, 6) is 0.212. The second-order valence-corrected chi connectivity index (χ2v) is 7.53. The number of ether oxygens (including phenoxy) is 3. The largest absolute Gasteiger partial charge is 0.493 e. The Morgan fingerprint density at radius 2 is 1.85 bits per heavy atom. The zero-order valence-corrected chi connectivity index (χ0v) is 15.1. The summed E-state index contributed by atoms with van der Waals surface area (Å²) in [7, 11) is -0.792. The number of sulfonamides is 1. The standard InChI is InChI=1S/C16H18FN3O5S/c1-23-14-4-3-13(7-15(14)24-2)26(21,22)20-6-5-12(10-20)25-16-18-8-11(17)9-19-16/h3-4,7-9,12H,5-6,10H2,1-2H3/t12-/m0/s1. The lowest BCUT2D eigenvalue weighted by molar-refractivity contribution is 0.197. The minimum Gasteiger partial charge on any atom is -0.493 e. The Kier molecular flexibility index (Phi) is 5.23. The molecule has 0 aliphatic carbocycles. The highest BCUT2D eigenvalue weighted by molar-refractivity contribution is 7.89. The Hall–Kier alpha value is -2.46. The van der Waals surface area contributed by atoms with Gasteiger partial charge in [0.05, 0.1) is 38.1 Å². The molecule has 0 N–H and O–H groups in total. The molecule has 0 spiro atoms. The van der Waals surface area contributed by atoms with E-state index in [9.17, 15) is 12.8 Å². The highest BCUT2D eigenvalue weighted by atomic mass is 32.2. The molecule has 1 aromatic carbocycles. The predicted octanol–water partition coefficient (Wildman–Crippen LogP) is 1.47. The molecule has 1 aromatic heterocycles. The second kappa shape index (κ2) is 7.42. The fraction of sp³-hybridized carbons (Fsp3) is 0.375. The maximum Gasteiger partial charge on any atom is 0.316 e. The van der Waals surface area contributed by atoms with Crippen molar-refractivity contribution in [2.75, 3.05) is 27.3 Å². The summed E-state index contributed by atoms with van der Waals surface area (Å²) in [6.45, 7) is 0.444. The molecule has 2 heterocycles. The average molecular weight is 383 g/mol. The molecule has 1 fully saturated rings. The molecule has 2 aromatic rings. The maximum atomic E-state index is 12.8. The Labute approximate surface area is 150 Å². The summed E-state index contributed by atoms with van der Waals surface area (Å²) in [4.78, 5) is 7.55. The molecule has 0 saturated carbocycles. The van der Waals surface area contributed by atoms with E-state index in [2.05, 4.69) is 9.97 Å². The molecule has 10 heteroatoms. The third-order valence-corrected chi connectivity index (χ3v) is 5.83. The van der Waals surface area contributed by atoms with Gasteiger partial charge in [0.1, 0.15) is 6.10 Å². The van der Waals surface area contributed by atoms with Gasteiger partial charge in [0.25, 0.3) is 0 Å². The zero-order chi connectivity index (χ0) is 18.7. The van der Waals surface area contributed by atoms with Crippen LogP contribution in [0.25, 0.3) is 0 Å². The van der Waals surface area contributed by atoms with Gasteiger partial charge in [0.2, 0.25) is 10.0 Å². The van der Waals surface area contributed by atoms with Crippen molar-refractivity contribution in [1.82, 2.24) is 14.3 Å². The minimum absolute atomic E-state index is 0.0155. The van der Waals surface area contributed by atoms with Crippen LogP contribution in [0.5, 0.6) is 17.5 Å². The van der Waals surface area contributed by atoms with Crippen LogP contribution in [-0.4, -0.2) is 56.1 Å². The van der Waals surface area contributed by atoms with Gasteiger partial charge >= 0.3 is 6.01 Å². The van der Waals surface area contributed by atoms with Crippen molar-refractivity contribution >= 4 is 10.0 Å². The third kappa shape index (κ3) is 3.70. The smallest absolute Gasteiger partial charge is 0.316 e. The minimum atomic E-state index is -3.71. The summed E-state index contributed by atoms with van der Waals surface area (Å²) >= 11 is 0. The Morgan fingerprint density at radius 1 is 1.15 bits per heavy atom. The lowest BCUT2D eigenvalue weighted by Gasteiger charge is -2.18. The number of rotatable bonds is 6. The average Bonchev–Trinajstić information content (AvgIpc) is 3.12. The van der Waals surface area contributed by atoms with Gasteiger partial charge in [-0.05, 0) is 18.6 Å². The van der Waals surface area contributed by atoms with E-state index in [-0.39, 0.29) is 17.5 Å². The van der Waals surface area contributed by atoms with Crippen LogP contribution in [0.1, 0.15) is 6.42 Å². The van der Waals surface area contributed by atoms with Gasteiger partial charge < -0.3 is 14.2 Å². The highest BCUT2D eigenvalue weighted by Gasteiger charge is 2.34. The van der Waals surface area contributed by atoms with Gasteiger partial charge in [-0.15, -0.1) is 0 Å². The molecule has 1 saturated heterocycles. The van der Waals surface area contributed by atoms with E-state index < -0.39 is 21.9 Å². The molecule has 3 rings (SSSR count). The van der Waals surface area contributed by atoms with Crippen LogP contribution in [0.15, 0.2) is 35.5 Å². The Bertz CT molecular complexity index is 876. The molecule has 0 bridgehead atoms. The molecule has 0 radical (unpaired) electrons. The number of aromatic nitrogens is 2. The molecule has 1 aliphatic rings. The molecule has 0 unspecified atom stereocenters. The topological polar surface area (TPSA) is 90.9 Å². The number of hydrogen-bond acceptors (Lipinski definition) is 7. The number of halogens is 1. The van der Waals surface area contributed by atoms with Crippen molar-refractivity contribution in [3.05, 3.63) is 36.4 Å². The Morgan fingerprint density at radius 3 is 2.50 bits per heavy atom. The van der Waals surface area contributed by atoms with Crippen molar-refractivity contribution in [2.24, 2.45) is 0 Å². The van der Waals surface area contributed by atoms with Gasteiger partial charge in [-0.3, -0.25) is 0 Å². The summed E-state index contributed by atoms with van der Waals surface area (Å²) in [5, 5.41) is 0. The molecule has 140 valence electrons. The van der Waals surface area contributed by atoms with Crippen molar-refractivity contribution in [3.8, 4) is 17.5 Å². The van der Waals surface area contributed by atoms with Crippen molar-refractivity contribution in [2.45, 2.75) is 17.4 Å². The molecule has 26 heavy (non-hydrogen) atoms. The number of nitrogens with zero attached hydrogens (tertiary/aromatic N) is 3. The zero-order valence-electron chi connectivity index (χ0n) is 14.3. The fourth-order valence-electron chi connectivity index (χ4n) is 2.65. The van der Waals surface area contributed by atoms with Crippen LogP contribution < -0.4 is 14.2 Å². The summed E-state index contributed by atoms with van der Waals surface area (Å²) < 4.78 is 55.7. The van der Waals surface area contributed by atoms with E-state index in [1.54, 1.807) is 6.07 Å². The van der Waals surface area contributed by atoms with Crippen LogP contribution >= 0.6 is 0 Å². The number of hydrogen-bond donors (Lipinski definition) is 0. The van der Waals surface area contributed by atoms with Gasteiger partial charge in [-0.1, -0.05) is 0 Å². The number of benzene rings is 1. The number of methoxy groups -OCH3 is 2. The van der Waals surface area contributed by atoms with E-state index in [1.165, 1.54) is 30.7 Å². The van der Waals surface area contributed by atoms with E-state index in [4.69, 9.17) is 14.2 Å². The molecule has 8 nitrogen and oxygen atoms in total. The summed E-state index contributed by atoms with van der Waals surface area (Å²) in [5.41, 5.74) is 0. The predicted molar refractivity (Wildman–Crippen MR) is 89.3 cm³/mol. The first-order chi connectivity index (χ1) is 12.4. The lowest BCUT2D eigenvalue weighted by Crippen LogP contribution is -2.31. The van der Waals surface area contributed by atoms with E-state index >= 15 is 0 Å². The second-order valence-electron chi connectivity index (χ2n) is 5.59. The first kappa shape index (κ1) is 18.3. The first-order valence-corrected chi connectivity index (χ1v) is 9.24. The first-order valence-electron chi connectivity index (χ1n) is 7.80. The van der Waals surface area contributed by atoms with Crippen LogP contribution in [0, 0.1) is 5.82 Å². The van der Waals surface area contributed by atoms with Gasteiger partial charge in [0.15, 0.2) is 17.3 Å². The van der Waals surface area contributed by atoms with E-state index in [1.807, 2.05) is 0 Å². The van der Waals surface area contributed by atoms with E-state index in [0.717, 1.165) is 12.4 Å². The van der Waals surface area contributed by atoms with Crippen molar-refractivity contribution in [1.29, 1.82) is 0 Å². The fourth-order valence-corrected chi connectivity index (χ4v) is 4.15. The molecule has 1 aliphatic heterocycles. The highest BCUT2D eigenvalue weighted by Crippen LogP contribution is 2.31. The van der Waals surface area contributed by atoms with Crippen LogP contribution in [-0.2, 0) is 10.0 Å². The third-order valence-electron chi connectivity index (χ3n) is 3.97. The van der Waals surface area contributed by atoms with Crippen molar-refractivity contribution in [3.63, 3.8) is 0 Å². The van der Waals surface area contributed by atoms with Gasteiger partial charge in [0, 0.05) is 12.6 Å². The van der Waals surface area contributed by atoms with Crippen molar-refractivity contribution < 1.29 is 27.0 Å². The Balaban J connectivity index is 1.73. The molecule has 0 amide bonds. The molecular weight excluding hydrogens is 365 g/mol. The van der Waals surface area contributed by atoms with Gasteiger partial charge in [-0.2, -0.15) is 4.31 Å². The maximum absolute atomic E-state index is 12.8. The van der Waals surface area contributed by atoms with Gasteiger partial charge in [-0.25, -0.2) is 22.8 Å². The molecule has 1 atom stereocenters. The normalized spacial score (nSPS) is 17.9.